The quantitative estimate of drug-likeness (QED) is 0.499. The van der Waals surface area contributed by atoms with E-state index in [-0.39, 0.29) is 5.75 Å². The number of nitrogens with one attached hydrogen (secondary N) is 1. The standard InChI is InChI=1S/C15H17NO8/c1-22-8-5-7-6(2-3-16-7)4-9(8)23-15-12(19)10(17)11(18)13(24-15)14(20)21/h2-5,10-13,15-19H,1H3,(H,20,21)/t10-,11-,12+,13-,15+/m0/s1. The van der Waals surface area contributed by atoms with Gasteiger partial charge in [-0.25, -0.2) is 4.79 Å². The molecule has 1 aromatic carbocycles. The van der Waals surface area contributed by atoms with Crippen LogP contribution in [0.4, 0.5) is 0 Å². The highest BCUT2D eigenvalue weighted by atomic mass is 16.7. The minimum atomic E-state index is -1.77. The first-order valence-corrected chi connectivity index (χ1v) is 7.16. The Morgan fingerprint density at radius 2 is 1.92 bits per heavy atom. The number of aliphatic hydroxyl groups excluding tert-OH is 3. The molecule has 0 amide bonds. The Morgan fingerprint density at radius 3 is 2.58 bits per heavy atom. The van der Waals surface area contributed by atoms with Crippen LogP contribution in [0.25, 0.3) is 10.9 Å². The summed E-state index contributed by atoms with van der Waals surface area (Å²) < 4.78 is 15.8. The van der Waals surface area contributed by atoms with Gasteiger partial charge in [0.2, 0.25) is 6.29 Å². The van der Waals surface area contributed by atoms with E-state index in [2.05, 4.69) is 4.98 Å². The molecule has 9 heteroatoms. The molecule has 130 valence electrons. The van der Waals surface area contributed by atoms with Gasteiger partial charge in [-0.1, -0.05) is 0 Å². The maximum Gasteiger partial charge on any atom is 0.335 e. The summed E-state index contributed by atoms with van der Waals surface area (Å²) in [4.78, 5) is 14.1. The Kier molecular flexibility index (Phi) is 4.33. The van der Waals surface area contributed by atoms with Crippen LogP contribution in [0.5, 0.6) is 11.5 Å². The number of rotatable bonds is 4. The van der Waals surface area contributed by atoms with Gasteiger partial charge in [0.15, 0.2) is 17.6 Å². The summed E-state index contributed by atoms with van der Waals surface area (Å²) in [5.74, 6) is -0.954. The first-order chi connectivity index (χ1) is 11.4. The fourth-order valence-electron chi connectivity index (χ4n) is 2.59. The topological polar surface area (TPSA) is 141 Å². The summed E-state index contributed by atoms with van der Waals surface area (Å²) in [5, 5.41) is 39.3. The Labute approximate surface area is 136 Å². The molecule has 0 saturated carbocycles. The lowest BCUT2D eigenvalue weighted by Gasteiger charge is -2.38. The molecule has 0 bridgehead atoms. The second-order valence-corrected chi connectivity index (χ2v) is 5.42. The molecule has 0 spiro atoms. The molecule has 5 N–H and O–H groups in total. The number of hydrogen-bond acceptors (Lipinski definition) is 7. The third-order valence-corrected chi connectivity index (χ3v) is 3.89. The highest BCUT2D eigenvalue weighted by Gasteiger charge is 2.48. The zero-order valence-electron chi connectivity index (χ0n) is 12.6. The number of aromatic nitrogens is 1. The molecule has 24 heavy (non-hydrogen) atoms. The second-order valence-electron chi connectivity index (χ2n) is 5.42. The Bertz CT molecular complexity index is 744. The molecule has 5 atom stereocenters. The smallest absolute Gasteiger partial charge is 0.335 e. The van der Waals surface area contributed by atoms with Crippen LogP contribution in [0.1, 0.15) is 0 Å². The van der Waals surface area contributed by atoms with Crippen molar-refractivity contribution in [2.24, 2.45) is 0 Å². The summed E-state index contributed by atoms with van der Waals surface area (Å²) in [6.45, 7) is 0. The molecule has 9 nitrogen and oxygen atoms in total. The van der Waals surface area contributed by atoms with E-state index in [1.54, 1.807) is 24.4 Å². The third-order valence-electron chi connectivity index (χ3n) is 3.89. The number of benzene rings is 1. The van der Waals surface area contributed by atoms with Crippen molar-refractivity contribution < 1.29 is 39.4 Å². The SMILES string of the molecule is COc1cc2[nH]ccc2cc1O[C@@H]1O[C@H](C(=O)O)[C@@H](O)[C@H](O)[C@H]1O. The number of ether oxygens (including phenoxy) is 3. The van der Waals surface area contributed by atoms with Crippen LogP contribution in [-0.4, -0.2) is 69.2 Å². The molecule has 2 heterocycles. The summed E-state index contributed by atoms with van der Waals surface area (Å²) in [5.41, 5.74) is 0.795. The normalized spacial score (nSPS) is 30.2. The van der Waals surface area contributed by atoms with Gasteiger partial charge in [-0.2, -0.15) is 0 Å². The van der Waals surface area contributed by atoms with Crippen LogP contribution < -0.4 is 9.47 Å². The van der Waals surface area contributed by atoms with Gasteiger partial charge in [0, 0.05) is 23.2 Å². The van der Waals surface area contributed by atoms with Crippen molar-refractivity contribution in [2.45, 2.75) is 30.7 Å². The number of H-pyrrole nitrogens is 1. The number of aromatic amines is 1. The summed E-state index contributed by atoms with van der Waals surface area (Å²) in [7, 11) is 1.42. The maximum atomic E-state index is 11.1. The molecular weight excluding hydrogens is 322 g/mol. The highest BCUT2D eigenvalue weighted by molar-refractivity contribution is 5.83. The fourth-order valence-corrected chi connectivity index (χ4v) is 2.59. The first-order valence-electron chi connectivity index (χ1n) is 7.16. The van der Waals surface area contributed by atoms with Gasteiger partial charge in [0.25, 0.3) is 0 Å². The molecule has 3 rings (SSSR count). The third kappa shape index (κ3) is 2.78. The van der Waals surface area contributed by atoms with Crippen molar-refractivity contribution in [3.8, 4) is 11.5 Å². The van der Waals surface area contributed by atoms with E-state index in [4.69, 9.17) is 19.3 Å². The van der Waals surface area contributed by atoms with E-state index in [0.717, 1.165) is 10.9 Å². The lowest BCUT2D eigenvalue weighted by molar-refractivity contribution is -0.271. The summed E-state index contributed by atoms with van der Waals surface area (Å²) in [6.07, 6.45) is -6.63. The zero-order chi connectivity index (χ0) is 17.4. The van der Waals surface area contributed by atoms with Crippen LogP contribution in [0.15, 0.2) is 24.4 Å². The molecule has 0 aliphatic carbocycles. The van der Waals surface area contributed by atoms with Gasteiger partial charge in [0.05, 0.1) is 7.11 Å². The molecule has 1 aliphatic rings. The van der Waals surface area contributed by atoms with E-state index < -0.39 is 36.7 Å². The van der Waals surface area contributed by atoms with Gasteiger partial charge in [-0.3, -0.25) is 0 Å². The number of aliphatic hydroxyl groups is 3. The van der Waals surface area contributed by atoms with E-state index in [9.17, 15) is 20.1 Å². The molecule has 1 saturated heterocycles. The number of carbonyl (C=O) groups is 1. The van der Waals surface area contributed by atoms with Crippen LogP contribution in [0.2, 0.25) is 0 Å². The van der Waals surface area contributed by atoms with Crippen LogP contribution >= 0.6 is 0 Å². The average Bonchev–Trinajstić information content (AvgIpc) is 3.01. The number of carboxylic acids is 1. The van der Waals surface area contributed by atoms with Gasteiger partial charge >= 0.3 is 5.97 Å². The number of methoxy groups -OCH3 is 1. The predicted molar refractivity (Wildman–Crippen MR) is 79.8 cm³/mol. The van der Waals surface area contributed by atoms with Gasteiger partial charge in [-0.05, 0) is 12.1 Å². The minimum Gasteiger partial charge on any atom is -0.493 e. The Balaban J connectivity index is 1.90. The number of hydrogen-bond donors (Lipinski definition) is 5. The van der Waals surface area contributed by atoms with Gasteiger partial charge in [-0.15, -0.1) is 0 Å². The molecule has 1 aliphatic heterocycles. The van der Waals surface area contributed by atoms with Crippen molar-refractivity contribution in [1.82, 2.24) is 4.98 Å². The number of fused-ring (bicyclic) bond motifs is 1. The molecule has 2 aromatic rings. The Morgan fingerprint density at radius 1 is 1.17 bits per heavy atom. The van der Waals surface area contributed by atoms with Crippen molar-refractivity contribution in [3.63, 3.8) is 0 Å². The van der Waals surface area contributed by atoms with Crippen LogP contribution in [0, 0.1) is 0 Å². The van der Waals surface area contributed by atoms with Crippen molar-refractivity contribution in [2.75, 3.05) is 7.11 Å². The van der Waals surface area contributed by atoms with Crippen molar-refractivity contribution in [3.05, 3.63) is 24.4 Å². The largest absolute Gasteiger partial charge is 0.493 e. The van der Waals surface area contributed by atoms with Gasteiger partial charge in [0.1, 0.15) is 18.3 Å². The summed E-state index contributed by atoms with van der Waals surface area (Å²) in [6, 6.07) is 5.08. The maximum absolute atomic E-state index is 11.1. The van der Waals surface area contributed by atoms with Crippen LogP contribution in [-0.2, 0) is 9.53 Å². The predicted octanol–water partition coefficient (Wildman–Crippen LogP) is -0.553. The van der Waals surface area contributed by atoms with E-state index >= 15 is 0 Å². The van der Waals surface area contributed by atoms with E-state index in [1.165, 1.54) is 7.11 Å². The lowest BCUT2D eigenvalue weighted by atomic mass is 9.99. The summed E-state index contributed by atoms with van der Waals surface area (Å²) >= 11 is 0. The average molecular weight is 339 g/mol. The first kappa shape index (κ1) is 16.5. The minimum absolute atomic E-state index is 0.196. The second kappa shape index (κ2) is 6.29. The Hall–Kier alpha value is -2.33. The van der Waals surface area contributed by atoms with Crippen molar-refractivity contribution >= 4 is 16.9 Å². The van der Waals surface area contributed by atoms with Crippen LogP contribution in [0.3, 0.4) is 0 Å². The number of carboxylic acid groups (broad SMARTS) is 1. The fraction of sp³-hybridized carbons (Fsp3) is 0.400. The van der Waals surface area contributed by atoms with Gasteiger partial charge < -0.3 is 39.6 Å². The molecule has 1 fully saturated rings. The highest BCUT2D eigenvalue weighted by Crippen LogP contribution is 2.34. The lowest BCUT2D eigenvalue weighted by Crippen LogP contribution is -2.61. The van der Waals surface area contributed by atoms with Crippen molar-refractivity contribution in [1.29, 1.82) is 0 Å². The molecular formula is C15H17NO8. The molecule has 1 aromatic heterocycles. The monoisotopic (exact) mass is 339 g/mol. The molecule has 0 unspecified atom stereocenters. The number of aliphatic carboxylic acids is 1. The zero-order valence-corrected chi connectivity index (χ0v) is 12.6. The van der Waals surface area contributed by atoms with E-state index in [0.29, 0.717) is 5.75 Å². The molecule has 0 radical (unpaired) electrons. The van der Waals surface area contributed by atoms with E-state index in [1.807, 2.05) is 0 Å².